The lowest BCUT2D eigenvalue weighted by Gasteiger charge is -2.12. The number of pyridine rings is 1. The zero-order valence-corrected chi connectivity index (χ0v) is 21.8. The molecule has 0 saturated heterocycles. The van der Waals surface area contributed by atoms with Gasteiger partial charge in [-0.05, 0) is 67.8 Å². The number of nitrogens with zero attached hydrogens (tertiary/aromatic N) is 4. The van der Waals surface area contributed by atoms with Crippen molar-refractivity contribution in [2.24, 2.45) is 5.92 Å². The standard InChI is InChI=1S/C28H24FN7O2S/c1-16-14-36(15-30-16)22-10-17(13-29)9-21(12-22)32-27(38)31-20-4-2-3-19(11-20)23-7-8-24-26(33-23)39-28(34-24)35-25(37)18-5-6-18/h2-4,7-12,14-15,18H,5-6,13H2,1H3,(H2,31,32,38)(H,34,35,37). The highest BCUT2D eigenvalue weighted by molar-refractivity contribution is 7.22. The molecule has 3 amide bonds. The third-order valence-corrected chi connectivity index (χ3v) is 7.13. The minimum Gasteiger partial charge on any atom is -0.308 e. The summed E-state index contributed by atoms with van der Waals surface area (Å²) in [5, 5.41) is 9.04. The van der Waals surface area contributed by atoms with Gasteiger partial charge in [-0.2, -0.15) is 0 Å². The number of fused-ring (bicyclic) bond motifs is 1. The van der Waals surface area contributed by atoms with Crippen LogP contribution in [0.4, 0.5) is 25.7 Å². The molecule has 1 aliphatic rings. The van der Waals surface area contributed by atoms with E-state index in [0.717, 1.165) is 24.1 Å². The van der Waals surface area contributed by atoms with Crippen molar-refractivity contribution in [3.8, 4) is 16.9 Å². The fraction of sp³-hybridized carbons (Fsp3) is 0.179. The van der Waals surface area contributed by atoms with Gasteiger partial charge in [-0.1, -0.05) is 23.5 Å². The highest BCUT2D eigenvalue weighted by Gasteiger charge is 2.30. The van der Waals surface area contributed by atoms with Gasteiger partial charge in [0.25, 0.3) is 0 Å². The molecule has 1 saturated carbocycles. The van der Waals surface area contributed by atoms with Crippen LogP contribution in [0.3, 0.4) is 0 Å². The monoisotopic (exact) mass is 541 g/mol. The quantitative estimate of drug-likeness (QED) is 0.223. The van der Waals surface area contributed by atoms with Crippen LogP contribution in [-0.2, 0) is 11.5 Å². The number of halogens is 1. The van der Waals surface area contributed by atoms with Crippen LogP contribution in [0.1, 0.15) is 24.1 Å². The van der Waals surface area contributed by atoms with Crippen LogP contribution in [-0.4, -0.2) is 31.5 Å². The van der Waals surface area contributed by atoms with Crippen LogP contribution in [0.2, 0.25) is 0 Å². The number of anilines is 3. The molecule has 2 aromatic carbocycles. The summed E-state index contributed by atoms with van der Waals surface area (Å²) in [6.07, 6.45) is 5.33. The lowest BCUT2D eigenvalue weighted by Crippen LogP contribution is -2.19. The van der Waals surface area contributed by atoms with Crippen LogP contribution < -0.4 is 16.0 Å². The van der Waals surface area contributed by atoms with E-state index in [2.05, 4.69) is 25.9 Å². The second-order valence-electron chi connectivity index (χ2n) is 9.41. The molecule has 0 radical (unpaired) electrons. The normalized spacial score (nSPS) is 12.9. The number of benzene rings is 2. The van der Waals surface area contributed by atoms with Crippen molar-refractivity contribution in [2.45, 2.75) is 26.4 Å². The molecule has 11 heteroatoms. The molecule has 0 bridgehead atoms. The molecule has 0 atom stereocenters. The molecule has 3 N–H and O–H groups in total. The maximum atomic E-state index is 13.5. The molecule has 1 aliphatic carbocycles. The van der Waals surface area contributed by atoms with E-state index in [9.17, 15) is 14.0 Å². The summed E-state index contributed by atoms with van der Waals surface area (Å²) in [7, 11) is 0. The van der Waals surface area contributed by atoms with Gasteiger partial charge in [0.05, 0.1) is 17.7 Å². The fourth-order valence-corrected chi connectivity index (χ4v) is 5.01. The fourth-order valence-electron chi connectivity index (χ4n) is 4.17. The molecule has 39 heavy (non-hydrogen) atoms. The van der Waals surface area contributed by atoms with Gasteiger partial charge < -0.3 is 20.5 Å². The van der Waals surface area contributed by atoms with Crippen LogP contribution in [0.5, 0.6) is 0 Å². The number of aryl methyl sites for hydroxylation is 1. The highest BCUT2D eigenvalue weighted by atomic mass is 32.1. The number of carbonyl (C=O) groups is 2. The number of nitrogens with one attached hydrogen (secondary N) is 3. The first-order valence-corrected chi connectivity index (χ1v) is 13.2. The first kappa shape index (κ1) is 24.7. The first-order valence-electron chi connectivity index (χ1n) is 12.4. The molecule has 5 aromatic rings. The van der Waals surface area contributed by atoms with E-state index in [1.807, 2.05) is 43.5 Å². The number of hydrogen-bond donors (Lipinski definition) is 3. The van der Waals surface area contributed by atoms with Crippen molar-refractivity contribution in [1.29, 1.82) is 0 Å². The summed E-state index contributed by atoms with van der Waals surface area (Å²) < 4.78 is 15.3. The SMILES string of the molecule is Cc1cn(-c2cc(CF)cc(NC(=O)Nc3cccc(-c4ccc5nc(NC(=O)C6CC6)sc5n4)c3)c2)cn1. The average molecular weight is 542 g/mol. The summed E-state index contributed by atoms with van der Waals surface area (Å²) in [4.78, 5) is 39.0. The first-order chi connectivity index (χ1) is 18.9. The summed E-state index contributed by atoms with van der Waals surface area (Å²) in [6.45, 7) is 1.21. The Labute approximate surface area is 227 Å². The van der Waals surface area contributed by atoms with Crippen molar-refractivity contribution in [3.05, 3.63) is 78.4 Å². The summed E-state index contributed by atoms with van der Waals surface area (Å²) in [5.74, 6) is 0.111. The second kappa shape index (κ2) is 10.3. The van der Waals surface area contributed by atoms with Gasteiger partial charge in [0, 0.05) is 34.7 Å². The largest absolute Gasteiger partial charge is 0.323 e. The topological polar surface area (TPSA) is 114 Å². The van der Waals surface area contributed by atoms with Crippen LogP contribution >= 0.6 is 11.3 Å². The van der Waals surface area contributed by atoms with Gasteiger partial charge in [-0.15, -0.1) is 0 Å². The number of aromatic nitrogens is 4. The predicted molar refractivity (Wildman–Crippen MR) is 150 cm³/mol. The van der Waals surface area contributed by atoms with Crippen molar-refractivity contribution in [1.82, 2.24) is 19.5 Å². The predicted octanol–water partition coefficient (Wildman–Crippen LogP) is 6.31. The lowest BCUT2D eigenvalue weighted by atomic mass is 10.1. The number of carbonyl (C=O) groups excluding carboxylic acids is 2. The van der Waals surface area contributed by atoms with Crippen molar-refractivity contribution in [3.63, 3.8) is 0 Å². The van der Waals surface area contributed by atoms with E-state index >= 15 is 0 Å². The average Bonchev–Trinajstić information content (AvgIpc) is 3.57. The number of rotatable bonds is 7. The van der Waals surface area contributed by atoms with Crippen LogP contribution in [0.15, 0.2) is 67.1 Å². The molecule has 0 unspecified atom stereocenters. The van der Waals surface area contributed by atoms with Crippen molar-refractivity contribution < 1.29 is 14.0 Å². The Morgan fingerprint density at radius 1 is 1.03 bits per heavy atom. The maximum Gasteiger partial charge on any atom is 0.323 e. The van der Waals surface area contributed by atoms with Crippen LogP contribution in [0, 0.1) is 12.8 Å². The Kier molecular flexibility index (Phi) is 6.49. The molecule has 3 aromatic heterocycles. The molecule has 196 valence electrons. The van der Waals surface area contributed by atoms with E-state index in [-0.39, 0.29) is 11.8 Å². The van der Waals surface area contributed by atoms with E-state index in [1.54, 1.807) is 35.2 Å². The minimum atomic E-state index is -0.661. The molecule has 3 heterocycles. The third kappa shape index (κ3) is 5.63. The molecule has 6 rings (SSSR count). The number of thiazole rings is 1. The smallest absolute Gasteiger partial charge is 0.308 e. The third-order valence-electron chi connectivity index (χ3n) is 6.25. The Morgan fingerprint density at radius 3 is 2.64 bits per heavy atom. The zero-order chi connectivity index (χ0) is 26.9. The molecule has 1 fully saturated rings. The molecular weight excluding hydrogens is 517 g/mol. The lowest BCUT2D eigenvalue weighted by molar-refractivity contribution is -0.117. The summed E-state index contributed by atoms with van der Waals surface area (Å²) >= 11 is 1.33. The van der Waals surface area contributed by atoms with Crippen molar-refractivity contribution in [2.75, 3.05) is 16.0 Å². The maximum absolute atomic E-state index is 13.5. The van der Waals surface area contributed by atoms with E-state index < -0.39 is 12.7 Å². The van der Waals surface area contributed by atoms with Gasteiger partial charge in [0.2, 0.25) is 5.91 Å². The summed E-state index contributed by atoms with van der Waals surface area (Å²) in [6, 6.07) is 15.7. The molecule has 9 nitrogen and oxygen atoms in total. The van der Waals surface area contributed by atoms with Crippen LogP contribution in [0.25, 0.3) is 27.3 Å². The number of urea groups is 1. The van der Waals surface area contributed by atoms with Gasteiger partial charge >= 0.3 is 6.03 Å². The second-order valence-corrected chi connectivity index (χ2v) is 10.4. The summed E-state index contributed by atoms with van der Waals surface area (Å²) in [5.41, 5.74) is 5.23. The van der Waals surface area contributed by atoms with Gasteiger partial charge in [-0.25, -0.2) is 24.1 Å². The molecule has 0 aliphatic heterocycles. The van der Waals surface area contributed by atoms with E-state index in [0.29, 0.717) is 43.8 Å². The van der Waals surface area contributed by atoms with Crippen molar-refractivity contribution >= 4 is 50.1 Å². The minimum absolute atomic E-state index is 0.0100. The number of amides is 3. The Bertz CT molecular complexity index is 1710. The van der Waals surface area contributed by atoms with Gasteiger partial charge in [-0.3, -0.25) is 4.79 Å². The zero-order valence-electron chi connectivity index (χ0n) is 20.9. The van der Waals surface area contributed by atoms with E-state index in [4.69, 9.17) is 4.98 Å². The Balaban J connectivity index is 1.17. The Hall–Kier alpha value is -4.64. The van der Waals surface area contributed by atoms with Gasteiger partial charge in [0.15, 0.2) is 5.13 Å². The number of hydrogen-bond acceptors (Lipinski definition) is 6. The molecule has 0 spiro atoms. The number of imidazole rings is 1. The highest BCUT2D eigenvalue weighted by Crippen LogP contribution is 2.33. The number of alkyl halides is 1. The van der Waals surface area contributed by atoms with E-state index in [1.165, 1.54) is 11.3 Å². The van der Waals surface area contributed by atoms with Gasteiger partial charge in [0.1, 0.15) is 17.0 Å². The Morgan fingerprint density at radius 2 is 1.87 bits per heavy atom. The molecular formula is C28H24FN7O2S.